The molecule has 9 nitrogen and oxygen atoms in total. The summed E-state index contributed by atoms with van der Waals surface area (Å²) in [5.41, 5.74) is 12.3. The lowest BCUT2D eigenvalue weighted by atomic mass is 9.78. The molecule has 176 valence electrons. The zero-order chi connectivity index (χ0) is 24.3. The van der Waals surface area contributed by atoms with E-state index in [1.165, 1.54) is 6.07 Å². The summed E-state index contributed by atoms with van der Waals surface area (Å²) in [6.45, 7) is 4.29. The first kappa shape index (κ1) is 23.0. The first-order valence-electron chi connectivity index (χ1n) is 10.9. The van der Waals surface area contributed by atoms with E-state index in [1.54, 1.807) is 6.07 Å². The highest BCUT2D eigenvalue weighted by atomic mass is 16.6. The molecule has 1 aromatic heterocycles. The number of carbonyl (C=O) groups is 2. The van der Waals surface area contributed by atoms with Crippen molar-refractivity contribution in [3.63, 3.8) is 0 Å². The van der Waals surface area contributed by atoms with Crippen molar-refractivity contribution in [2.24, 2.45) is 11.5 Å². The highest BCUT2D eigenvalue weighted by Gasteiger charge is 2.33. The number of nitrogens with two attached hydrogens (primary N) is 2. The molecule has 0 atom stereocenters. The number of nitrogens with zero attached hydrogens (tertiary/aromatic N) is 2. The van der Waals surface area contributed by atoms with Gasteiger partial charge in [0.2, 0.25) is 5.88 Å². The third kappa shape index (κ3) is 5.25. The van der Waals surface area contributed by atoms with Gasteiger partial charge in [0, 0.05) is 24.3 Å². The fourth-order valence-corrected chi connectivity index (χ4v) is 3.75. The maximum Gasteiger partial charge on any atom is 0.404 e. The number of primary amides is 2. The number of ether oxygens (including phenoxy) is 3. The summed E-state index contributed by atoms with van der Waals surface area (Å²) in [5, 5.41) is 7.59. The minimum absolute atomic E-state index is 0.0208. The molecule has 0 spiro atoms. The number of rotatable bonds is 8. The second kappa shape index (κ2) is 9.38. The molecule has 0 radical (unpaired) electrons. The Morgan fingerprint density at radius 3 is 1.91 bits per heavy atom. The van der Waals surface area contributed by atoms with E-state index in [9.17, 15) is 9.59 Å². The van der Waals surface area contributed by atoms with Crippen molar-refractivity contribution in [1.82, 2.24) is 10.2 Å². The van der Waals surface area contributed by atoms with Gasteiger partial charge in [-0.3, -0.25) is 4.79 Å². The van der Waals surface area contributed by atoms with E-state index in [0.29, 0.717) is 18.6 Å². The van der Waals surface area contributed by atoms with E-state index in [2.05, 4.69) is 24.0 Å². The maximum atomic E-state index is 11.1. The number of benzene rings is 2. The van der Waals surface area contributed by atoms with Crippen molar-refractivity contribution in [3.05, 3.63) is 77.5 Å². The number of amides is 2. The van der Waals surface area contributed by atoms with Crippen LogP contribution in [0.3, 0.4) is 0 Å². The van der Waals surface area contributed by atoms with Gasteiger partial charge in [0.05, 0.1) is 0 Å². The quantitative estimate of drug-likeness (QED) is 0.520. The van der Waals surface area contributed by atoms with E-state index in [4.69, 9.17) is 25.7 Å². The average Bonchev–Trinajstić information content (AvgIpc) is 2.78. The molecular weight excluding hydrogens is 436 g/mol. The molecule has 0 bridgehead atoms. The molecule has 0 aliphatic heterocycles. The van der Waals surface area contributed by atoms with E-state index in [1.807, 2.05) is 48.5 Å². The maximum absolute atomic E-state index is 11.1. The van der Waals surface area contributed by atoms with Crippen LogP contribution in [0, 0.1) is 0 Å². The third-order valence-corrected chi connectivity index (χ3v) is 5.90. The van der Waals surface area contributed by atoms with E-state index < -0.39 is 12.0 Å². The Labute approximate surface area is 197 Å². The van der Waals surface area contributed by atoms with Crippen molar-refractivity contribution in [3.8, 4) is 17.4 Å². The second-order valence-electron chi connectivity index (χ2n) is 8.67. The summed E-state index contributed by atoms with van der Waals surface area (Å²) in [4.78, 5) is 21.9. The molecule has 1 saturated carbocycles. The largest absolute Gasteiger partial charge is 0.490 e. The lowest BCUT2D eigenvalue weighted by Crippen LogP contribution is -2.41. The number of aromatic nitrogens is 2. The predicted molar refractivity (Wildman–Crippen MR) is 124 cm³/mol. The van der Waals surface area contributed by atoms with Gasteiger partial charge in [-0.25, -0.2) is 4.79 Å². The Morgan fingerprint density at radius 1 is 0.824 bits per heavy atom. The molecule has 1 aliphatic carbocycles. The van der Waals surface area contributed by atoms with E-state index in [-0.39, 0.29) is 29.2 Å². The lowest BCUT2D eigenvalue weighted by Gasteiger charge is -2.34. The standard InChI is InChI=1S/C25H26N4O5/c1-25(2,15-3-7-17(8-4-15)32-19-13-20(14-19)34-24(27)31)16-5-9-18(10-6-16)33-22-12-11-21(23(26)30)28-29-22/h3-12,19-20H,13-14H2,1-2H3,(H2,26,30)(H2,27,31)/t19-,20-. The molecule has 9 heteroatoms. The van der Waals surface area contributed by atoms with Crippen LogP contribution in [-0.2, 0) is 10.2 Å². The Hall–Kier alpha value is -4.14. The third-order valence-electron chi connectivity index (χ3n) is 5.90. The van der Waals surface area contributed by atoms with Gasteiger partial charge in [-0.1, -0.05) is 38.1 Å². The summed E-state index contributed by atoms with van der Waals surface area (Å²) >= 11 is 0. The molecule has 2 aromatic carbocycles. The molecule has 1 aliphatic rings. The van der Waals surface area contributed by atoms with Gasteiger partial charge in [-0.2, -0.15) is 0 Å². The zero-order valence-electron chi connectivity index (χ0n) is 18.9. The van der Waals surface area contributed by atoms with E-state index in [0.717, 1.165) is 16.9 Å². The molecule has 1 fully saturated rings. The highest BCUT2D eigenvalue weighted by Crippen LogP contribution is 2.35. The molecule has 2 amide bonds. The van der Waals surface area contributed by atoms with Crippen molar-refractivity contribution < 1.29 is 23.8 Å². The Balaban J connectivity index is 1.36. The topological polar surface area (TPSA) is 140 Å². The van der Waals surface area contributed by atoms with Crippen LogP contribution in [-0.4, -0.2) is 34.4 Å². The normalized spacial score (nSPS) is 17.4. The van der Waals surface area contributed by atoms with E-state index >= 15 is 0 Å². The van der Waals surface area contributed by atoms with Gasteiger partial charge in [-0.05, 0) is 41.5 Å². The minimum Gasteiger partial charge on any atom is -0.490 e. The summed E-state index contributed by atoms with van der Waals surface area (Å²) in [6, 6.07) is 18.7. The molecule has 0 saturated heterocycles. The van der Waals surface area contributed by atoms with Crippen molar-refractivity contribution in [2.75, 3.05) is 0 Å². The van der Waals surface area contributed by atoms with Gasteiger partial charge in [0.1, 0.15) is 23.7 Å². The van der Waals surface area contributed by atoms with Gasteiger partial charge in [0.15, 0.2) is 5.69 Å². The summed E-state index contributed by atoms with van der Waals surface area (Å²) in [6.07, 6.45) is 0.403. The number of carbonyl (C=O) groups excluding carboxylic acids is 2. The molecular formula is C25H26N4O5. The predicted octanol–water partition coefficient (Wildman–Crippen LogP) is 3.70. The summed E-state index contributed by atoms with van der Waals surface area (Å²) < 4.78 is 16.6. The molecule has 4 N–H and O–H groups in total. The minimum atomic E-state index is -0.748. The highest BCUT2D eigenvalue weighted by molar-refractivity contribution is 5.90. The number of hydrogen-bond donors (Lipinski definition) is 2. The Morgan fingerprint density at radius 2 is 1.41 bits per heavy atom. The van der Waals surface area contributed by atoms with Gasteiger partial charge < -0.3 is 25.7 Å². The van der Waals surface area contributed by atoms with Crippen LogP contribution >= 0.6 is 0 Å². The second-order valence-corrected chi connectivity index (χ2v) is 8.67. The summed E-state index contributed by atoms with van der Waals surface area (Å²) in [5.74, 6) is 1.00. The van der Waals surface area contributed by atoms with Crippen LogP contribution in [0.5, 0.6) is 17.4 Å². The monoisotopic (exact) mass is 462 g/mol. The van der Waals surface area contributed by atoms with Crippen molar-refractivity contribution >= 4 is 12.0 Å². The van der Waals surface area contributed by atoms with Crippen molar-refractivity contribution in [2.45, 2.75) is 44.3 Å². The van der Waals surface area contributed by atoms with Crippen LogP contribution in [0.4, 0.5) is 4.79 Å². The first-order valence-corrected chi connectivity index (χ1v) is 10.9. The summed E-state index contributed by atoms with van der Waals surface area (Å²) in [7, 11) is 0. The van der Waals surface area contributed by atoms with Crippen LogP contribution < -0.4 is 20.9 Å². The SMILES string of the molecule is CC(C)(c1ccc(Oc2ccc(C(N)=O)nn2)cc1)c1ccc(O[C@H]2C[C@H](OC(N)=O)C2)cc1. The average molecular weight is 463 g/mol. The van der Waals surface area contributed by atoms with Gasteiger partial charge >= 0.3 is 6.09 Å². The van der Waals surface area contributed by atoms with Crippen LogP contribution in [0.25, 0.3) is 0 Å². The molecule has 1 heterocycles. The first-order chi connectivity index (χ1) is 16.2. The Kier molecular flexibility index (Phi) is 6.36. The van der Waals surface area contributed by atoms with Crippen LogP contribution in [0.2, 0.25) is 0 Å². The fourth-order valence-electron chi connectivity index (χ4n) is 3.75. The Bertz CT molecular complexity index is 1160. The fraction of sp³-hybridized carbons (Fsp3) is 0.280. The lowest BCUT2D eigenvalue weighted by molar-refractivity contribution is -0.0197. The smallest absolute Gasteiger partial charge is 0.404 e. The molecule has 0 unspecified atom stereocenters. The molecule has 4 rings (SSSR count). The number of hydrogen-bond acceptors (Lipinski definition) is 7. The van der Waals surface area contributed by atoms with Gasteiger partial charge in [-0.15, -0.1) is 10.2 Å². The van der Waals surface area contributed by atoms with Gasteiger partial charge in [0.25, 0.3) is 5.91 Å². The molecule has 34 heavy (non-hydrogen) atoms. The zero-order valence-corrected chi connectivity index (χ0v) is 18.9. The van der Waals surface area contributed by atoms with Crippen LogP contribution in [0.15, 0.2) is 60.7 Å². The van der Waals surface area contributed by atoms with Crippen molar-refractivity contribution in [1.29, 1.82) is 0 Å². The molecule has 3 aromatic rings. The van der Waals surface area contributed by atoms with Crippen LogP contribution in [0.1, 0.15) is 48.3 Å².